The van der Waals surface area contributed by atoms with Crippen LogP contribution in [-0.4, -0.2) is 9.97 Å². The predicted octanol–water partition coefficient (Wildman–Crippen LogP) is 5.40. The van der Waals surface area contributed by atoms with Crippen LogP contribution in [0.2, 0.25) is 0 Å². The number of rotatable bonds is 3. The average Bonchev–Trinajstić information content (AvgIpc) is 3.14. The number of fused-ring (bicyclic) bond motifs is 2. The standard InChI is InChI=1S/C23H16N2OS/c26-22-19-14-20(16-8-2-1-3-9-16)27-23(19)25-21(24-22)13-17-11-6-10-15-7-4-5-12-18(15)17/h1-12,14H,13H2,(H,24,25,26). The lowest BCUT2D eigenvalue weighted by Gasteiger charge is -2.06. The average molecular weight is 368 g/mol. The molecule has 27 heavy (non-hydrogen) atoms. The van der Waals surface area contributed by atoms with E-state index >= 15 is 0 Å². The van der Waals surface area contributed by atoms with Crippen LogP contribution in [0.15, 0.2) is 83.7 Å². The minimum absolute atomic E-state index is 0.0753. The Morgan fingerprint density at radius 3 is 2.52 bits per heavy atom. The maximum absolute atomic E-state index is 12.6. The van der Waals surface area contributed by atoms with Crippen molar-refractivity contribution in [1.29, 1.82) is 0 Å². The van der Waals surface area contributed by atoms with Crippen molar-refractivity contribution in [2.24, 2.45) is 0 Å². The molecule has 5 aromatic rings. The molecule has 0 aliphatic rings. The Morgan fingerprint density at radius 2 is 1.63 bits per heavy atom. The molecule has 0 saturated carbocycles. The normalized spacial score (nSPS) is 11.3. The van der Waals surface area contributed by atoms with Crippen LogP contribution in [0.1, 0.15) is 11.4 Å². The summed E-state index contributed by atoms with van der Waals surface area (Å²) in [7, 11) is 0. The largest absolute Gasteiger partial charge is 0.310 e. The van der Waals surface area contributed by atoms with Crippen molar-refractivity contribution in [2.75, 3.05) is 0 Å². The lowest BCUT2D eigenvalue weighted by Crippen LogP contribution is -2.11. The van der Waals surface area contributed by atoms with Gasteiger partial charge >= 0.3 is 0 Å². The molecule has 0 radical (unpaired) electrons. The van der Waals surface area contributed by atoms with Gasteiger partial charge in [0.25, 0.3) is 5.56 Å². The number of benzene rings is 3. The maximum Gasteiger partial charge on any atom is 0.259 e. The summed E-state index contributed by atoms with van der Waals surface area (Å²) in [5.41, 5.74) is 2.19. The first kappa shape index (κ1) is 16.0. The van der Waals surface area contributed by atoms with E-state index in [1.165, 1.54) is 10.8 Å². The Morgan fingerprint density at radius 1 is 0.852 bits per heavy atom. The summed E-state index contributed by atoms with van der Waals surface area (Å²) < 4.78 is 0. The molecule has 0 amide bonds. The van der Waals surface area contributed by atoms with Crippen LogP contribution in [0.25, 0.3) is 31.4 Å². The van der Waals surface area contributed by atoms with Crippen LogP contribution in [0.3, 0.4) is 0 Å². The molecule has 0 aliphatic carbocycles. The Bertz CT molecular complexity index is 1310. The van der Waals surface area contributed by atoms with Gasteiger partial charge in [0.2, 0.25) is 0 Å². The number of nitrogens with one attached hydrogen (secondary N) is 1. The number of nitrogens with zero attached hydrogens (tertiary/aromatic N) is 1. The van der Waals surface area contributed by atoms with E-state index in [1.807, 2.05) is 42.5 Å². The fraction of sp³-hybridized carbons (Fsp3) is 0.0435. The second-order valence-electron chi connectivity index (χ2n) is 6.52. The van der Waals surface area contributed by atoms with Gasteiger partial charge in [0.1, 0.15) is 10.7 Å². The molecule has 5 rings (SSSR count). The predicted molar refractivity (Wildman–Crippen MR) is 112 cm³/mol. The molecule has 4 heteroatoms. The molecule has 130 valence electrons. The first-order chi connectivity index (χ1) is 13.3. The molecule has 0 saturated heterocycles. The van der Waals surface area contributed by atoms with Gasteiger partial charge in [0.05, 0.1) is 5.39 Å². The smallest absolute Gasteiger partial charge is 0.259 e. The second-order valence-corrected chi connectivity index (χ2v) is 7.55. The minimum atomic E-state index is -0.0753. The highest BCUT2D eigenvalue weighted by Crippen LogP contribution is 2.31. The van der Waals surface area contributed by atoms with Gasteiger partial charge in [-0.2, -0.15) is 0 Å². The third-order valence-electron chi connectivity index (χ3n) is 4.75. The quantitative estimate of drug-likeness (QED) is 0.464. The van der Waals surface area contributed by atoms with Gasteiger partial charge in [0.15, 0.2) is 0 Å². The lowest BCUT2D eigenvalue weighted by molar-refractivity contribution is 0.983. The molecule has 1 N–H and O–H groups in total. The topological polar surface area (TPSA) is 45.8 Å². The van der Waals surface area contributed by atoms with E-state index < -0.39 is 0 Å². The van der Waals surface area contributed by atoms with E-state index in [0.29, 0.717) is 17.6 Å². The molecular formula is C23H16N2OS. The van der Waals surface area contributed by atoms with Gasteiger partial charge in [-0.3, -0.25) is 4.79 Å². The summed E-state index contributed by atoms with van der Waals surface area (Å²) in [6, 6.07) is 26.6. The number of thiophene rings is 1. The number of H-pyrrole nitrogens is 1. The van der Waals surface area contributed by atoms with Crippen LogP contribution in [0, 0.1) is 0 Å². The molecule has 2 aromatic heterocycles. The number of hydrogen-bond acceptors (Lipinski definition) is 3. The zero-order chi connectivity index (χ0) is 18.2. The first-order valence-corrected chi connectivity index (χ1v) is 9.64. The maximum atomic E-state index is 12.6. The molecule has 0 aliphatic heterocycles. The van der Waals surface area contributed by atoms with Crippen LogP contribution >= 0.6 is 11.3 Å². The van der Waals surface area contributed by atoms with Gasteiger partial charge in [-0.25, -0.2) is 4.98 Å². The van der Waals surface area contributed by atoms with Crippen LogP contribution in [-0.2, 0) is 6.42 Å². The van der Waals surface area contributed by atoms with E-state index in [1.54, 1.807) is 11.3 Å². The SMILES string of the molecule is O=c1[nH]c(Cc2cccc3ccccc23)nc2sc(-c3ccccc3)cc12. The number of aromatic nitrogens is 2. The molecule has 0 bridgehead atoms. The summed E-state index contributed by atoms with van der Waals surface area (Å²) in [5.74, 6) is 0.699. The van der Waals surface area contributed by atoms with Crippen molar-refractivity contribution < 1.29 is 0 Å². The first-order valence-electron chi connectivity index (χ1n) is 8.83. The van der Waals surface area contributed by atoms with Crippen molar-refractivity contribution >= 4 is 32.3 Å². The van der Waals surface area contributed by atoms with E-state index in [4.69, 9.17) is 4.98 Å². The van der Waals surface area contributed by atoms with E-state index in [2.05, 4.69) is 41.4 Å². The molecule has 0 spiro atoms. The van der Waals surface area contributed by atoms with E-state index in [9.17, 15) is 4.79 Å². The highest BCUT2D eigenvalue weighted by Gasteiger charge is 2.11. The number of hydrogen-bond donors (Lipinski definition) is 1. The summed E-state index contributed by atoms with van der Waals surface area (Å²) in [6.45, 7) is 0. The fourth-order valence-electron chi connectivity index (χ4n) is 3.43. The van der Waals surface area contributed by atoms with Crippen LogP contribution in [0.4, 0.5) is 0 Å². The Kier molecular flexibility index (Phi) is 3.84. The molecule has 3 aromatic carbocycles. The Balaban J connectivity index is 1.59. The second kappa shape index (κ2) is 6.49. The van der Waals surface area contributed by atoms with Crippen molar-refractivity contribution in [3.63, 3.8) is 0 Å². The zero-order valence-corrected chi connectivity index (χ0v) is 15.3. The monoisotopic (exact) mass is 368 g/mol. The molecule has 0 fully saturated rings. The van der Waals surface area contributed by atoms with E-state index in [0.717, 1.165) is 20.8 Å². The molecule has 2 heterocycles. The summed E-state index contributed by atoms with van der Waals surface area (Å²) in [5, 5.41) is 3.04. The van der Waals surface area contributed by atoms with Gasteiger partial charge in [-0.1, -0.05) is 72.8 Å². The summed E-state index contributed by atoms with van der Waals surface area (Å²) >= 11 is 1.56. The van der Waals surface area contributed by atoms with Crippen LogP contribution in [0.5, 0.6) is 0 Å². The van der Waals surface area contributed by atoms with Gasteiger partial charge in [-0.05, 0) is 28.0 Å². The Hall–Kier alpha value is -3.24. The third kappa shape index (κ3) is 2.94. The third-order valence-corrected chi connectivity index (χ3v) is 5.83. The van der Waals surface area contributed by atoms with Gasteiger partial charge in [0, 0.05) is 11.3 Å². The minimum Gasteiger partial charge on any atom is -0.310 e. The summed E-state index contributed by atoms with van der Waals surface area (Å²) in [6.07, 6.45) is 0.602. The molecule has 0 unspecified atom stereocenters. The van der Waals surface area contributed by atoms with Crippen molar-refractivity contribution in [3.8, 4) is 10.4 Å². The summed E-state index contributed by atoms with van der Waals surface area (Å²) in [4.78, 5) is 22.2. The molecule has 0 atom stereocenters. The highest BCUT2D eigenvalue weighted by molar-refractivity contribution is 7.21. The lowest BCUT2D eigenvalue weighted by atomic mass is 10.0. The molecule has 3 nitrogen and oxygen atoms in total. The van der Waals surface area contributed by atoms with Crippen molar-refractivity contribution in [3.05, 3.63) is 101 Å². The van der Waals surface area contributed by atoms with Crippen molar-refractivity contribution in [2.45, 2.75) is 6.42 Å². The number of aromatic amines is 1. The van der Waals surface area contributed by atoms with Gasteiger partial charge in [-0.15, -0.1) is 11.3 Å². The van der Waals surface area contributed by atoms with Crippen molar-refractivity contribution in [1.82, 2.24) is 9.97 Å². The fourth-order valence-corrected chi connectivity index (χ4v) is 4.49. The zero-order valence-electron chi connectivity index (χ0n) is 14.5. The molecular weight excluding hydrogens is 352 g/mol. The Labute approximate surface area is 160 Å². The van der Waals surface area contributed by atoms with Gasteiger partial charge < -0.3 is 4.98 Å². The highest BCUT2D eigenvalue weighted by atomic mass is 32.1. The van der Waals surface area contributed by atoms with E-state index in [-0.39, 0.29) is 5.56 Å². The van der Waals surface area contributed by atoms with Crippen LogP contribution < -0.4 is 5.56 Å².